The first-order chi connectivity index (χ1) is 11.6. The quantitative estimate of drug-likeness (QED) is 0.854. The molecule has 1 aliphatic heterocycles. The highest BCUT2D eigenvalue weighted by molar-refractivity contribution is 6.33. The summed E-state index contributed by atoms with van der Waals surface area (Å²) in [6, 6.07) is 1.68. The van der Waals surface area contributed by atoms with Crippen molar-refractivity contribution in [3.8, 4) is 0 Å². The number of halogens is 1. The van der Waals surface area contributed by atoms with Gasteiger partial charge in [-0.15, -0.1) is 0 Å². The van der Waals surface area contributed by atoms with Gasteiger partial charge in [0.15, 0.2) is 0 Å². The van der Waals surface area contributed by atoms with Crippen LogP contribution in [-0.2, 0) is 0 Å². The van der Waals surface area contributed by atoms with E-state index in [-0.39, 0.29) is 12.0 Å². The minimum absolute atomic E-state index is 0.00152. The topological polar surface area (TPSA) is 65.5 Å². The van der Waals surface area contributed by atoms with Gasteiger partial charge in [-0.05, 0) is 44.1 Å². The molecule has 1 aromatic rings. The monoisotopic (exact) mass is 351 g/mol. The van der Waals surface area contributed by atoms with E-state index in [2.05, 4.69) is 10.3 Å². The second kappa shape index (κ2) is 8.17. The van der Waals surface area contributed by atoms with Crippen LogP contribution >= 0.6 is 11.6 Å². The van der Waals surface area contributed by atoms with Crippen LogP contribution in [0.3, 0.4) is 0 Å². The average molecular weight is 352 g/mol. The number of aromatic nitrogens is 1. The molecule has 1 amide bonds. The normalized spacial score (nSPS) is 20.2. The van der Waals surface area contributed by atoms with Gasteiger partial charge in [0.1, 0.15) is 5.82 Å². The number of hydrogen-bond acceptors (Lipinski definition) is 4. The highest BCUT2D eigenvalue weighted by Gasteiger charge is 2.23. The van der Waals surface area contributed by atoms with Gasteiger partial charge in [-0.1, -0.05) is 24.4 Å². The molecular weight excluding hydrogens is 326 g/mol. The first kappa shape index (κ1) is 17.5. The Labute approximate surface area is 148 Å². The number of hydrogen-bond donors (Lipinski definition) is 2. The van der Waals surface area contributed by atoms with Crippen LogP contribution in [0.15, 0.2) is 12.3 Å². The van der Waals surface area contributed by atoms with Crippen LogP contribution in [0.5, 0.6) is 0 Å². The summed E-state index contributed by atoms with van der Waals surface area (Å²) < 4.78 is 0. The Kier molecular flexibility index (Phi) is 5.95. The van der Waals surface area contributed by atoms with Gasteiger partial charge in [-0.25, -0.2) is 4.98 Å². The molecule has 5 nitrogen and oxygen atoms in total. The lowest BCUT2D eigenvalue weighted by Gasteiger charge is -2.26. The van der Waals surface area contributed by atoms with Gasteiger partial charge >= 0.3 is 0 Å². The number of nitrogens with one attached hydrogen (secondary N) is 1. The maximum atomic E-state index is 12.5. The van der Waals surface area contributed by atoms with Gasteiger partial charge in [0.05, 0.1) is 16.7 Å². The van der Waals surface area contributed by atoms with E-state index in [0.29, 0.717) is 28.9 Å². The lowest BCUT2D eigenvalue weighted by Crippen LogP contribution is -2.35. The number of likely N-dealkylation sites (tertiary alicyclic amines) is 1. The predicted molar refractivity (Wildman–Crippen MR) is 95.5 cm³/mol. The van der Waals surface area contributed by atoms with Crippen LogP contribution in [0.2, 0.25) is 5.02 Å². The Morgan fingerprint density at radius 1 is 1.29 bits per heavy atom. The van der Waals surface area contributed by atoms with Crippen molar-refractivity contribution in [1.29, 1.82) is 0 Å². The van der Waals surface area contributed by atoms with E-state index in [1.807, 2.05) is 4.90 Å². The number of aliphatic hydroxyl groups is 1. The number of carbonyl (C=O) groups is 1. The summed E-state index contributed by atoms with van der Waals surface area (Å²) in [5.41, 5.74) is 0.531. The van der Waals surface area contributed by atoms with Crippen molar-refractivity contribution in [2.24, 2.45) is 5.92 Å². The molecule has 0 bridgehead atoms. The third-order valence-corrected chi connectivity index (χ3v) is 5.44. The number of aliphatic hydroxyl groups excluding tert-OH is 1. The molecule has 2 fully saturated rings. The molecule has 132 valence electrons. The predicted octanol–water partition coefficient (Wildman–Crippen LogP) is 3.32. The van der Waals surface area contributed by atoms with Crippen LogP contribution in [0.4, 0.5) is 5.82 Å². The van der Waals surface area contributed by atoms with Gasteiger partial charge in [-0.2, -0.15) is 0 Å². The van der Waals surface area contributed by atoms with E-state index in [9.17, 15) is 9.90 Å². The Morgan fingerprint density at radius 2 is 2.00 bits per heavy atom. The van der Waals surface area contributed by atoms with E-state index in [1.165, 1.54) is 19.3 Å². The molecule has 24 heavy (non-hydrogen) atoms. The van der Waals surface area contributed by atoms with Crippen molar-refractivity contribution < 1.29 is 9.90 Å². The summed E-state index contributed by atoms with van der Waals surface area (Å²) >= 11 is 6.28. The lowest BCUT2D eigenvalue weighted by molar-refractivity contribution is 0.0724. The second-order valence-electron chi connectivity index (χ2n) is 6.90. The molecule has 1 atom stereocenters. The SMILES string of the molecule is O=C(c1cnc(NCC(O)C2CCCC2)c(Cl)c1)N1CCCCC1. The molecule has 1 aliphatic carbocycles. The van der Waals surface area contributed by atoms with Crippen molar-refractivity contribution in [2.75, 3.05) is 25.0 Å². The maximum Gasteiger partial charge on any atom is 0.255 e. The molecule has 3 rings (SSSR count). The van der Waals surface area contributed by atoms with Crippen LogP contribution in [0.25, 0.3) is 0 Å². The van der Waals surface area contributed by atoms with Crippen molar-refractivity contribution in [1.82, 2.24) is 9.88 Å². The summed E-state index contributed by atoms with van der Waals surface area (Å²) in [6.07, 6.45) is 9.10. The summed E-state index contributed by atoms with van der Waals surface area (Å²) in [7, 11) is 0. The van der Waals surface area contributed by atoms with Gasteiger partial charge in [0, 0.05) is 25.8 Å². The lowest BCUT2D eigenvalue weighted by atomic mass is 10.0. The highest BCUT2D eigenvalue weighted by atomic mass is 35.5. The standard InChI is InChI=1S/C18H26ClN3O2/c19-15-10-14(18(24)22-8-4-1-5-9-22)11-20-17(15)21-12-16(23)13-6-2-3-7-13/h10-11,13,16,23H,1-9,12H2,(H,20,21). The molecule has 0 radical (unpaired) electrons. The Bertz CT molecular complexity index is 569. The van der Waals surface area contributed by atoms with Crippen LogP contribution in [0, 0.1) is 5.92 Å². The number of anilines is 1. The molecule has 2 aliphatic rings. The van der Waals surface area contributed by atoms with Gasteiger partial charge < -0.3 is 15.3 Å². The fourth-order valence-electron chi connectivity index (χ4n) is 3.67. The van der Waals surface area contributed by atoms with E-state index in [1.54, 1.807) is 12.3 Å². The zero-order valence-electron chi connectivity index (χ0n) is 14.0. The highest BCUT2D eigenvalue weighted by Crippen LogP contribution is 2.28. The molecule has 0 spiro atoms. The fraction of sp³-hybridized carbons (Fsp3) is 0.667. The first-order valence-corrected chi connectivity index (χ1v) is 9.39. The Balaban J connectivity index is 1.58. The number of amides is 1. The van der Waals surface area contributed by atoms with Crippen LogP contribution in [0.1, 0.15) is 55.3 Å². The molecule has 1 saturated carbocycles. The van der Waals surface area contributed by atoms with E-state index in [0.717, 1.165) is 38.8 Å². The number of carbonyl (C=O) groups excluding carboxylic acids is 1. The fourth-order valence-corrected chi connectivity index (χ4v) is 3.91. The number of pyridine rings is 1. The second-order valence-corrected chi connectivity index (χ2v) is 7.31. The molecular formula is C18H26ClN3O2. The van der Waals surface area contributed by atoms with E-state index >= 15 is 0 Å². The van der Waals surface area contributed by atoms with Crippen molar-refractivity contribution >= 4 is 23.3 Å². The third kappa shape index (κ3) is 4.19. The van der Waals surface area contributed by atoms with E-state index < -0.39 is 0 Å². The molecule has 1 saturated heterocycles. The summed E-state index contributed by atoms with van der Waals surface area (Å²) in [5.74, 6) is 0.904. The minimum Gasteiger partial charge on any atom is -0.391 e. The van der Waals surface area contributed by atoms with Gasteiger partial charge in [-0.3, -0.25) is 4.79 Å². The smallest absolute Gasteiger partial charge is 0.255 e. The summed E-state index contributed by atoms with van der Waals surface area (Å²) in [4.78, 5) is 18.6. The number of rotatable bonds is 5. The summed E-state index contributed by atoms with van der Waals surface area (Å²) in [5, 5.41) is 13.8. The Hall–Kier alpha value is -1.33. The van der Waals surface area contributed by atoms with Crippen LogP contribution < -0.4 is 5.32 Å². The summed E-state index contributed by atoms with van der Waals surface area (Å²) in [6.45, 7) is 2.06. The first-order valence-electron chi connectivity index (χ1n) is 9.02. The maximum absolute atomic E-state index is 12.5. The number of piperidine rings is 1. The largest absolute Gasteiger partial charge is 0.391 e. The van der Waals surface area contributed by atoms with Gasteiger partial charge in [0.2, 0.25) is 0 Å². The van der Waals surface area contributed by atoms with Crippen molar-refractivity contribution in [2.45, 2.75) is 51.0 Å². The Morgan fingerprint density at radius 3 is 2.67 bits per heavy atom. The van der Waals surface area contributed by atoms with E-state index in [4.69, 9.17) is 11.6 Å². The number of nitrogens with zero attached hydrogens (tertiary/aromatic N) is 2. The minimum atomic E-state index is -0.375. The van der Waals surface area contributed by atoms with Crippen LogP contribution in [-0.4, -0.2) is 46.6 Å². The molecule has 1 unspecified atom stereocenters. The molecule has 2 N–H and O–H groups in total. The molecule has 6 heteroatoms. The van der Waals surface area contributed by atoms with Gasteiger partial charge in [0.25, 0.3) is 5.91 Å². The zero-order chi connectivity index (χ0) is 16.9. The molecule has 0 aromatic carbocycles. The average Bonchev–Trinajstić information content (AvgIpc) is 3.15. The van der Waals surface area contributed by atoms with Crippen molar-refractivity contribution in [3.63, 3.8) is 0 Å². The molecule has 1 aromatic heterocycles. The zero-order valence-corrected chi connectivity index (χ0v) is 14.8. The van der Waals surface area contributed by atoms with Crippen molar-refractivity contribution in [3.05, 3.63) is 22.8 Å². The third-order valence-electron chi connectivity index (χ3n) is 5.15. The molecule has 2 heterocycles.